The molecular weight excluding hydrogens is 274 g/mol. The molecule has 0 spiro atoms. The molecule has 0 bridgehead atoms. The maximum atomic E-state index is 14.3. The number of halogens is 2. The predicted octanol–water partition coefficient (Wildman–Crippen LogP) is 3.08. The van der Waals surface area contributed by atoms with Crippen molar-refractivity contribution in [1.29, 1.82) is 0 Å². The highest BCUT2D eigenvalue weighted by atomic mass is 19.1. The van der Waals surface area contributed by atoms with Crippen LogP contribution >= 0.6 is 0 Å². The SMILES string of the molecule is CCCNCc1cc(F)c(N(CCOC)C2CC2)c(F)c1. The second-order valence-corrected chi connectivity index (χ2v) is 5.50. The van der Waals surface area contributed by atoms with E-state index in [1.54, 1.807) is 12.0 Å². The smallest absolute Gasteiger partial charge is 0.149 e. The van der Waals surface area contributed by atoms with Gasteiger partial charge in [-0.25, -0.2) is 8.78 Å². The van der Waals surface area contributed by atoms with Crippen molar-refractivity contribution >= 4 is 5.69 Å². The van der Waals surface area contributed by atoms with Crippen LogP contribution in [0.15, 0.2) is 12.1 Å². The van der Waals surface area contributed by atoms with Crippen molar-refractivity contribution in [3.8, 4) is 0 Å². The van der Waals surface area contributed by atoms with Gasteiger partial charge in [0, 0.05) is 26.2 Å². The molecule has 0 atom stereocenters. The van der Waals surface area contributed by atoms with E-state index in [9.17, 15) is 8.78 Å². The summed E-state index contributed by atoms with van der Waals surface area (Å²) in [6, 6.07) is 3.11. The van der Waals surface area contributed by atoms with Crippen LogP contribution in [-0.2, 0) is 11.3 Å². The topological polar surface area (TPSA) is 24.5 Å². The molecule has 0 amide bonds. The van der Waals surface area contributed by atoms with Crippen LogP contribution < -0.4 is 10.2 Å². The van der Waals surface area contributed by atoms with Gasteiger partial charge in [0.2, 0.25) is 0 Å². The zero-order valence-electron chi connectivity index (χ0n) is 12.8. The van der Waals surface area contributed by atoms with Gasteiger partial charge in [0.15, 0.2) is 0 Å². The fourth-order valence-electron chi connectivity index (χ4n) is 2.46. The van der Waals surface area contributed by atoms with E-state index in [0.717, 1.165) is 25.8 Å². The number of nitrogens with one attached hydrogen (secondary N) is 1. The number of rotatable bonds is 9. The Hall–Kier alpha value is -1.20. The Morgan fingerprint density at radius 2 is 1.95 bits per heavy atom. The first-order chi connectivity index (χ1) is 10.2. The Morgan fingerprint density at radius 1 is 1.29 bits per heavy atom. The van der Waals surface area contributed by atoms with Crippen LogP contribution in [0.2, 0.25) is 0 Å². The van der Waals surface area contributed by atoms with Crippen molar-refractivity contribution in [2.45, 2.75) is 38.8 Å². The summed E-state index contributed by atoms with van der Waals surface area (Å²) in [6.07, 6.45) is 2.97. The monoisotopic (exact) mass is 298 g/mol. The van der Waals surface area contributed by atoms with Gasteiger partial charge in [-0.2, -0.15) is 0 Å². The second-order valence-electron chi connectivity index (χ2n) is 5.50. The Labute approximate surface area is 125 Å². The average molecular weight is 298 g/mol. The van der Waals surface area contributed by atoms with E-state index < -0.39 is 11.6 Å². The number of nitrogens with zero attached hydrogens (tertiary/aromatic N) is 1. The molecule has 1 aromatic rings. The van der Waals surface area contributed by atoms with Gasteiger partial charge >= 0.3 is 0 Å². The number of hydrogen-bond donors (Lipinski definition) is 1. The molecule has 0 unspecified atom stereocenters. The van der Waals surface area contributed by atoms with Gasteiger partial charge in [0.05, 0.1) is 6.61 Å². The third kappa shape index (κ3) is 4.38. The average Bonchev–Trinajstić information content (AvgIpc) is 3.26. The van der Waals surface area contributed by atoms with Crippen molar-refractivity contribution < 1.29 is 13.5 Å². The largest absolute Gasteiger partial charge is 0.383 e. The molecule has 0 heterocycles. The third-order valence-corrected chi connectivity index (χ3v) is 3.64. The molecule has 0 saturated heterocycles. The van der Waals surface area contributed by atoms with Gasteiger partial charge in [-0.3, -0.25) is 0 Å². The van der Waals surface area contributed by atoms with E-state index in [-0.39, 0.29) is 11.7 Å². The predicted molar refractivity (Wildman–Crippen MR) is 80.6 cm³/mol. The van der Waals surface area contributed by atoms with E-state index in [2.05, 4.69) is 12.2 Å². The molecule has 0 aliphatic heterocycles. The first-order valence-corrected chi connectivity index (χ1v) is 7.61. The fraction of sp³-hybridized carbons (Fsp3) is 0.625. The van der Waals surface area contributed by atoms with E-state index in [0.29, 0.717) is 25.3 Å². The number of benzene rings is 1. The van der Waals surface area contributed by atoms with Gasteiger partial charge in [0.25, 0.3) is 0 Å². The summed E-state index contributed by atoms with van der Waals surface area (Å²) in [7, 11) is 1.60. The lowest BCUT2D eigenvalue weighted by Crippen LogP contribution is -2.31. The molecule has 0 aromatic heterocycles. The van der Waals surface area contributed by atoms with Gasteiger partial charge in [-0.05, 0) is 43.5 Å². The lowest BCUT2D eigenvalue weighted by molar-refractivity contribution is 0.204. The van der Waals surface area contributed by atoms with Crippen molar-refractivity contribution in [3.63, 3.8) is 0 Å². The standard InChI is InChI=1S/C16H24F2N2O/c1-3-6-19-11-12-9-14(17)16(15(18)10-12)20(7-8-21-2)13-4-5-13/h9-10,13,19H,3-8,11H2,1-2H3. The van der Waals surface area contributed by atoms with E-state index in [1.165, 1.54) is 12.1 Å². The zero-order chi connectivity index (χ0) is 15.2. The normalized spacial score (nSPS) is 14.5. The summed E-state index contributed by atoms with van der Waals surface area (Å²) >= 11 is 0. The zero-order valence-corrected chi connectivity index (χ0v) is 12.8. The van der Waals surface area contributed by atoms with Crippen LogP contribution in [0.25, 0.3) is 0 Å². The molecule has 1 fully saturated rings. The third-order valence-electron chi connectivity index (χ3n) is 3.64. The van der Waals surface area contributed by atoms with E-state index in [4.69, 9.17) is 4.74 Å². The molecule has 3 nitrogen and oxygen atoms in total. The Morgan fingerprint density at radius 3 is 2.48 bits per heavy atom. The lowest BCUT2D eigenvalue weighted by atomic mass is 10.1. The van der Waals surface area contributed by atoms with E-state index in [1.807, 2.05) is 0 Å². The lowest BCUT2D eigenvalue weighted by Gasteiger charge is -2.25. The van der Waals surface area contributed by atoms with Crippen molar-refractivity contribution in [1.82, 2.24) is 5.32 Å². The number of methoxy groups -OCH3 is 1. The molecule has 1 aliphatic rings. The van der Waals surface area contributed by atoms with Crippen LogP contribution in [0, 0.1) is 11.6 Å². The number of ether oxygens (including phenoxy) is 1. The molecule has 1 N–H and O–H groups in total. The van der Waals surface area contributed by atoms with Crippen molar-refractivity contribution in [3.05, 3.63) is 29.3 Å². The quantitative estimate of drug-likeness (QED) is 0.709. The van der Waals surface area contributed by atoms with Gasteiger partial charge in [-0.15, -0.1) is 0 Å². The number of anilines is 1. The number of hydrogen-bond acceptors (Lipinski definition) is 3. The van der Waals surface area contributed by atoms with Crippen molar-refractivity contribution in [2.24, 2.45) is 0 Å². The highest BCUT2D eigenvalue weighted by Crippen LogP contribution is 2.35. The minimum absolute atomic E-state index is 0.0915. The second kappa shape index (κ2) is 7.71. The first kappa shape index (κ1) is 16.2. The maximum absolute atomic E-state index is 14.3. The summed E-state index contributed by atoms with van der Waals surface area (Å²) < 4.78 is 33.7. The molecule has 118 valence electrons. The van der Waals surface area contributed by atoms with E-state index >= 15 is 0 Å². The summed E-state index contributed by atoms with van der Waals surface area (Å²) in [4.78, 5) is 1.80. The Balaban J connectivity index is 2.14. The first-order valence-electron chi connectivity index (χ1n) is 7.61. The van der Waals surface area contributed by atoms with Gasteiger partial charge in [-0.1, -0.05) is 6.92 Å². The molecule has 1 saturated carbocycles. The molecule has 2 rings (SSSR count). The fourth-order valence-corrected chi connectivity index (χ4v) is 2.46. The summed E-state index contributed by atoms with van der Waals surface area (Å²) in [5, 5.41) is 3.16. The molecule has 0 radical (unpaired) electrons. The minimum atomic E-state index is -0.480. The van der Waals surface area contributed by atoms with Crippen LogP contribution in [0.3, 0.4) is 0 Å². The Bertz CT molecular complexity index is 441. The molecule has 1 aromatic carbocycles. The highest BCUT2D eigenvalue weighted by Gasteiger charge is 2.32. The summed E-state index contributed by atoms with van der Waals surface area (Å²) in [5.41, 5.74) is 0.735. The van der Waals surface area contributed by atoms with Crippen molar-refractivity contribution in [2.75, 3.05) is 31.7 Å². The van der Waals surface area contributed by atoms with Gasteiger partial charge in [0.1, 0.15) is 17.3 Å². The molecule has 1 aliphatic carbocycles. The molecular formula is C16H24F2N2O. The highest BCUT2D eigenvalue weighted by molar-refractivity contribution is 5.52. The van der Waals surface area contributed by atoms with Crippen LogP contribution in [0.4, 0.5) is 14.5 Å². The minimum Gasteiger partial charge on any atom is -0.383 e. The van der Waals surface area contributed by atoms with Gasteiger partial charge < -0.3 is 15.0 Å². The van der Waals surface area contributed by atoms with Crippen LogP contribution in [0.5, 0.6) is 0 Å². The maximum Gasteiger partial charge on any atom is 0.149 e. The molecule has 21 heavy (non-hydrogen) atoms. The van der Waals surface area contributed by atoms with Crippen LogP contribution in [-0.4, -0.2) is 32.8 Å². The summed E-state index contributed by atoms with van der Waals surface area (Å²) in [5.74, 6) is -0.961. The van der Waals surface area contributed by atoms with Crippen LogP contribution in [0.1, 0.15) is 31.7 Å². The molecule has 5 heteroatoms. The summed E-state index contributed by atoms with van der Waals surface area (Å²) in [6.45, 7) is 4.37. The Kier molecular flexibility index (Phi) is 5.94.